The number of nitrogens with one attached hydrogen (secondary N) is 1. The van der Waals surface area contributed by atoms with Gasteiger partial charge in [-0.2, -0.15) is 13.2 Å². The second-order valence-electron chi connectivity index (χ2n) is 9.66. The van der Waals surface area contributed by atoms with E-state index in [-0.39, 0.29) is 37.1 Å². The van der Waals surface area contributed by atoms with E-state index in [4.69, 9.17) is 0 Å². The molecule has 9 heteroatoms. The lowest BCUT2D eigenvalue weighted by Crippen LogP contribution is -2.66. The van der Waals surface area contributed by atoms with Crippen LogP contribution in [0.2, 0.25) is 0 Å². The summed E-state index contributed by atoms with van der Waals surface area (Å²) in [5, 5.41) is 1.85. The summed E-state index contributed by atoms with van der Waals surface area (Å²) in [6.07, 6.45) is -5.16. The molecule has 4 rings (SSSR count). The molecule has 0 aromatic heterocycles. The lowest BCUT2D eigenvalue weighted by atomic mass is 9.72. The Labute approximate surface area is 199 Å². The van der Waals surface area contributed by atoms with Gasteiger partial charge in [0.05, 0.1) is 5.57 Å². The maximum absolute atomic E-state index is 14.8. The number of carbonyl (C=O) groups is 3. The number of hydrogen-bond donors (Lipinski definition) is 1. The second-order valence-corrected chi connectivity index (χ2v) is 9.66. The van der Waals surface area contributed by atoms with Gasteiger partial charge in [-0.25, -0.2) is 4.39 Å². The van der Waals surface area contributed by atoms with Crippen molar-refractivity contribution in [3.8, 4) is 0 Å². The number of Topliss-reactive ketones (excluding diaryl/α,β-unsaturated/α-hetero) is 1. The Bertz CT molecular complexity index is 1200. The van der Waals surface area contributed by atoms with E-state index in [1.54, 1.807) is 44.2 Å². The number of hydrogen-bond acceptors (Lipinski definition) is 3. The van der Waals surface area contributed by atoms with Gasteiger partial charge in [-0.1, -0.05) is 44.2 Å². The Morgan fingerprint density at radius 1 is 1.00 bits per heavy atom. The number of benzene rings is 2. The van der Waals surface area contributed by atoms with E-state index in [0.717, 1.165) is 34.7 Å². The van der Waals surface area contributed by atoms with Crippen LogP contribution in [0.3, 0.4) is 0 Å². The molecule has 1 aliphatic heterocycles. The number of amides is 2. The molecule has 184 valence electrons. The summed E-state index contributed by atoms with van der Waals surface area (Å²) in [4.78, 5) is 40.6. The van der Waals surface area contributed by atoms with Gasteiger partial charge in [-0.05, 0) is 48.1 Å². The number of allylic oxidation sites excluding steroid dienone is 1. The fourth-order valence-corrected chi connectivity index (χ4v) is 4.79. The zero-order chi connectivity index (χ0) is 25.6. The van der Waals surface area contributed by atoms with Crippen LogP contribution in [0.4, 0.5) is 17.6 Å². The van der Waals surface area contributed by atoms with Crippen LogP contribution in [0.25, 0.3) is 0 Å². The third-order valence-electron chi connectivity index (χ3n) is 6.42. The summed E-state index contributed by atoms with van der Waals surface area (Å²) in [6.45, 7) is 3.41. The molecule has 35 heavy (non-hydrogen) atoms. The van der Waals surface area contributed by atoms with Gasteiger partial charge in [0.15, 0.2) is 5.78 Å². The molecule has 1 N–H and O–H groups in total. The van der Waals surface area contributed by atoms with Crippen molar-refractivity contribution in [1.29, 1.82) is 0 Å². The molecule has 2 aromatic carbocycles. The van der Waals surface area contributed by atoms with Crippen LogP contribution < -0.4 is 5.32 Å². The molecule has 0 unspecified atom stereocenters. The second kappa shape index (κ2) is 8.62. The largest absolute Gasteiger partial charge is 0.425 e. The standard InChI is InChI=1S/C26H24F4N2O3/c1-24(2)14-19-21(20(33)15-24)25(26(28,29)30,31-22(34)17-8-10-18(27)11-9-17)23(35)32(19)13-12-16-6-4-3-5-7-16/h3-11H,12-15H2,1-2H3,(H,31,34)/t25-/m0/s1. The van der Waals surface area contributed by atoms with Crippen LogP contribution >= 0.6 is 0 Å². The number of carbonyl (C=O) groups excluding carboxylic acids is 3. The van der Waals surface area contributed by atoms with E-state index in [2.05, 4.69) is 0 Å². The van der Waals surface area contributed by atoms with Gasteiger partial charge in [0.1, 0.15) is 5.82 Å². The Balaban J connectivity index is 1.80. The third-order valence-corrected chi connectivity index (χ3v) is 6.42. The molecule has 1 heterocycles. The third kappa shape index (κ3) is 4.35. The topological polar surface area (TPSA) is 66.5 Å². The highest BCUT2D eigenvalue weighted by atomic mass is 19.4. The van der Waals surface area contributed by atoms with E-state index in [0.29, 0.717) is 0 Å². The van der Waals surface area contributed by atoms with Crippen LogP contribution in [0.5, 0.6) is 0 Å². The fourth-order valence-electron chi connectivity index (χ4n) is 4.79. The molecule has 0 spiro atoms. The number of ketones is 1. The van der Waals surface area contributed by atoms with Crippen molar-refractivity contribution in [2.24, 2.45) is 5.41 Å². The van der Waals surface area contributed by atoms with Gasteiger partial charge >= 0.3 is 6.18 Å². The van der Waals surface area contributed by atoms with E-state index in [1.807, 2.05) is 5.32 Å². The van der Waals surface area contributed by atoms with Gasteiger partial charge < -0.3 is 10.2 Å². The van der Waals surface area contributed by atoms with Crippen molar-refractivity contribution in [1.82, 2.24) is 10.2 Å². The minimum absolute atomic E-state index is 0.0103. The molecule has 2 amide bonds. The maximum Gasteiger partial charge on any atom is 0.425 e. The van der Waals surface area contributed by atoms with Crippen molar-refractivity contribution in [3.63, 3.8) is 0 Å². The minimum Gasteiger partial charge on any atom is -0.326 e. The smallest absolute Gasteiger partial charge is 0.326 e. The van der Waals surface area contributed by atoms with Gasteiger partial charge in [-0.3, -0.25) is 14.4 Å². The number of halogens is 4. The fraction of sp³-hybridized carbons (Fsp3) is 0.346. The summed E-state index contributed by atoms with van der Waals surface area (Å²) < 4.78 is 57.6. The highest BCUT2D eigenvalue weighted by Crippen LogP contribution is 2.51. The van der Waals surface area contributed by atoms with E-state index < -0.39 is 46.1 Å². The Morgan fingerprint density at radius 2 is 1.63 bits per heavy atom. The summed E-state index contributed by atoms with van der Waals surface area (Å²) in [7, 11) is 0. The first-order valence-electron chi connectivity index (χ1n) is 11.1. The first-order valence-corrected chi connectivity index (χ1v) is 11.1. The lowest BCUT2D eigenvalue weighted by molar-refractivity contribution is -0.190. The quantitative estimate of drug-likeness (QED) is 0.627. The molecule has 2 aromatic rings. The van der Waals surface area contributed by atoms with Crippen molar-refractivity contribution >= 4 is 17.6 Å². The molecule has 0 saturated heterocycles. The predicted molar refractivity (Wildman–Crippen MR) is 120 cm³/mol. The Morgan fingerprint density at radius 3 is 2.23 bits per heavy atom. The number of nitrogens with zero attached hydrogens (tertiary/aromatic N) is 1. The number of rotatable bonds is 5. The van der Waals surface area contributed by atoms with Gasteiger partial charge in [0.25, 0.3) is 11.8 Å². The summed E-state index contributed by atoms with van der Waals surface area (Å²) in [6, 6.07) is 12.8. The van der Waals surface area contributed by atoms with Crippen molar-refractivity contribution in [2.45, 2.75) is 44.8 Å². The first kappa shape index (κ1) is 24.6. The van der Waals surface area contributed by atoms with E-state index >= 15 is 0 Å². The Hall–Kier alpha value is -3.49. The molecular weight excluding hydrogens is 464 g/mol. The highest BCUT2D eigenvalue weighted by Gasteiger charge is 2.71. The molecular formula is C26H24F4N2O3. The van der Waals surface area contributed by atoms with Crippen LogP contribution in [-0.2, 0) is 16.0 Å². The lowest BCUT2D eigenvalue weighted by Gasteiger charge is -2.35. The van der Waals surface area contributed by atoms with Gasteiger partial charge in [0, 0.05) is 24.2 Å². The monoisotopic (exact) mass is 488 g/mol. The van der Waals surface area contributed by atoms with Crippen LogP contribution in [0, 0.1) is 11.2 Å². The normalized spacial score (nSPS) is 21.8. The molecule has 2 aliphatic rings. The minimum atomic E-state index is -5.29. The number of alkyl halides is 3. The van der Waals surface area contributed by atoms with E-state index in [1.165, 1.54) is 0 Å². The van der Waals surface area contributed by atoms with Crippen LogP contribution in [-0.4, -0.2) is 40.8 Å². The van der Waals surface area contributed by atoms with Crippen molar-refractivity contribution in [3.05, 3.63) is 82.8 Å². The first-order chi connectivity index (χ1) is 16.4. The molecule has 1 aliphatic carbocycles. The molecule has 5 nitrogen and oxygen atoms in total. The highest BCUT2D eigenvalue weighted by molar-refractivity contribution is 6.14. The molecule has 1 atom stereocenters. The predicted octanol–water partition coefficient (Wildman–Crippen LogP) is 4.58. The van der Waals surface area contributed by atoms with Crippen LogP contribution in [0.15, 0.2) is 65.9 Å². The summed E-state index contributed by atoms with van der Waals surface area (Å²) >= 11 is 0. The summed E-state index contributed by atoms with van der Waals surface area (Å²) in [5.74, 6) is -4.15. The average molecular weight is 488 g/mol. The van der Waals surface area contributed by atoms with Crippen LogP contribution in [0.1, 0.15) is 42.6 Å². The molecule has 0 bridgehead atoms. The molecule has 0 radical (unpaired) electrons. The zero-order valence-corrected chi connectivity index (χ0v) is 19.2. The SMILES string of the molecule is CC1(C)CC(=O)C2=C(C1)N(CCc1ccccc1)C(=O)[C@]2(NC(=O)c1ccc(F)cc1)C(F)(F)F. The average Bonchev–Trinajstić information content (AvgIpc) is 3.00. The zero-order valence-electron chi connectivity index (χ0n) is 19.2. The maximum atomic E-state index is 14.8. The Kier molecular flexibility index (Phi) is 6.07. The molecule has 0 saturated carbocycles. The molecule has 0 fully saturated rings. The van der Waals surface area contributed by atoms with Crippen molar-refractivity contribution < 1.29 is 31.9 Å². The van der Waals surface area contributed by atoms with Gasteiger partial charge in [0.2, 0.25) is 5.54 Å². The van der Waals surface area contributed by atoms with E-state index in [9.17, 15) is 31.9 Å². The van der Waals surface area contributed by atoms with Crippen molar-refractivity contribution in [2.75, 3.05) is 6.54 Å². The summed E-state index contributed by atoms with van der Waals surface area (Å²) in [5.41, 5.74) is -4.37. The van der Waals surface area contributed by atoms with Gasteiger partial charge in [-0.15, -0.1) is 0 Å².